The van der Waals surface area contributed by atoms with Crippen molar-refractivity contribution in [2.75, 3.05) is 13.2 Å². The Labute approximate surface area is 150 Å². The van der Waals surface area contributed by atoms with Gasteiger partial charge in [-0.1, -0.05) is 60.7 Å². The molecule has 0 aliphatic rings. The number of alkyl carbamates (subject to hydrolysis) is 1. The van der Waals surface area contributed by atoms with Crippen molar-refractivity contribution >= 4 is 6.09 Å². The van der Waals surface area contributed by atoms with Crippen LogP contribution in [0.5, 0.6) is 0 Å². The van der Waals surface area contributed by atoms with Gasteiger partial charge in [-0.3, -0.25) is 0 Å². The second kappa shape index (κ2) is 9.23. The van der Waals surface area contributed by atoms with Crippen molar-refractivity contribution in [1.29, 1.82) is 0 Å². The molecule has 4 heteroatoms. The predicted molar refractivity (Wildman–Crippen MR) is 99.5 cm³/mol. The molecule has 0 saturated heterocycles. The fraction of sp³-hybridized carbons (Fsp3) is 0.381. The Balaban J connectivity index is 1.91. The van der Waals surface area contributed by atoms with Crippen LogP contribution in [-0.2, 0) is 16.1 Å². The van der Waals surface area contributed by atoms with Crippen LogP contribution in [0.3, 0.4) is 0 Å². The van der Waals surface area contributed by atoms with Crippen molar-refractivity contribution < 1.29 is 14.3 Å². The first-order chi connectivity index (χ1) is 11.9. The minimum Gasteiger partial charge on any atom is -0.444 e. The van der Waals surface area contributed by atoms with Crippen molar-refractivity contribution in [3.63, 3.8) is 0 Å². The number of amides is 1. The third-order valence-electron chi connectivity index (χ3n) is 3.59. The molecular formula is C21H27NO3. The van der Waals surface area contributed by atoms with Gasteiger partial charge in [-0.2, -0.15) is 0 Å². The predicted octanol–water partition coefficient (Wildman–Crippen LogP) is 4.51. The molecule has 1 N–H and O–H groups in total. The van der Waals surface area contributed by atoms with E-state index in [4.69, 9.17) is 9.47 Å². The summed E-state index contributed by atoms with van der Waals surface area (Å²) in [6.45, 7) is 7.09. The molecule has 0 unspecified atom stereocenters. The van der Waals surface area contributed by atoms with Gasteiger partial charge in [-0.15, -0.1) is 0 Å². The first-order valence-corrected chi connectivity index (χ1v) is 8.57. The monoisotopic (exact) mass is 341 g/mol. The molecule has 4 nitrogen and oxygen atoms in total. The van der Waals surface area contributed by atoms with Crippen LogP contribution in [0.2, 0.25) is 0 Å². The second-order valence-electron chi connectivity index (χ2n) is 6.99. The molecule has 2 rings (SSSR count). The average molecular weight is 341 g/mol. The maximum atomic E-state index is 11.9. The molecule has 0 spiro atoms. The lowest BCUT2D eigenvalue weighted by molar-refractivity contribution is 0.0509. The van der Waals surface area contributed by atoms with Gasteiger partial charge in [-0.25, -0.2) is 4.79 Å². The van der Waals surface area contributed by atoms with E-state index in [1.807, 2.05) is 81.4 Å². The summed E-state index contributed by atoms with van der Waals surface area (Å²) in [6.07, 6.45) is -0.406. The normalized spacial score (nSPS) is 12.4. The van der Waals surface area contributed by atoms with Gasteiger partial charge in [0, 0.05) is 12.5 Å². The number of rotatable bonds is 7. The third-order valence-corrected chi connectivity index (χ3v) is 3.59. The zero-order valence-electron chi connectivity index (χ0n) is 15.2. The Hall–Kier alpha value is -2.33. The van der Waals surface area contributed by atoms with E-state index in [1.165, 1.54) is 0 Å². The van der Waals surface area contributed by atoms with E-state index in [-0.39, 0.29) is 5.92 Å². The van der Waals surface area contributed by atoms with Crippen molar-refractivity contribution in [2.24, 2.45) is 0 Å². The van der Waals surface area contributed by atoms with Gasteiger partial charge in [0.2, 0.25) is 0 Å². The lowest BCUT2D eigenvalue weighted by atomic mass is 10.00. The number of ether oxygens (including phenoxy) is 2. The highest BCUT2D eigenvalue weighted by Gasteiger charge is 2.18. The van der Waals surface area contributed by atoms with Gasteiger partial charge in [-0.05, 0) is 31.9 Å². The van der Waals surface area contributed by atoms with Crippen LogP contribution in [0.1, 0.15) is 37.8 Å². The molecule has 0 saturated carbocycles. The Bertz CT molecular complexity index is 635. The highest BCUT2D eigenvalue weighted by Crippen LogP contribution is 2.16. The van der Waals surface area contributed by atoms with Gasteiger partial charge in [0.15, 0.2) is 0 Å². The summed E-state index contributed by atoms with van der Waals surface area (Å²) in [5.74, 6) is 0.0671. The molecule has 0 bridgehead atoms. The molecular weight excluding hydrogens is 314 g/mol. The Kier molecular flexibility index (Phi) is 7.02. The lowest BCUT2D eigenvalue weighted by Crippen LogP contribution is -2.35. The zero-order chi connectivity index (χ0) is 18.1. The van der Waals surface area contributed by atoms with Crippen LogP contribution in [0.4, 0.5) is 4.79 Å². The van der Waals surface area contributed by atoms with E-state index in [2.05, 4.69) is 5.32 Å². The SMILES string of the molecule is CC(C)(C)OC(=O)NC[C@H](COCc1ccccc1)c1ccccc1. The molecule has 0 aromatic heterocycles. The molecule has 25 heavy (non-hydrogen) atoms. The van der Waals surface area contributed by atoms with Crippen LogP contribution in [0, 0.1) is 0 Å². The first kappa shape index (κ1) is 19.0. The van der Waals surface area contributed by atoms with Gasteiger partial charge in [0.1, 0.15) is 5.60 Å². The summed E-state index contributed by atoms with van der Waals surface area (Å²) < 4.78 is 11.2. The Morgan fingerprint density at radius 1 is 1.00 bits per heavy atom. The molecule has 0 radical (unpaired) electrons. The van der Waals surface area contributed by atoms with E-state index >= 15 is 0 Å². The molecule has 1 amide bonds. The summed E-state index contributed by atoms with van der Waals surface area (Å²) >= 11 is 0. The molecule has 2 aromatic rings. The van der Waals surface area contributed by atoms with E-state index in [0.29, 0.717) is 19.8 Å². The topological polar surface area (TPSA) is 47.6 Å². The minimum atomic E-state index is -0.504. The number of carbonyl (C=O) groups excluding carboxylic acids is 1. The van der Waals surface area contributed by atoms with Crippen molar-refractivity contribution in [2.45, 2.75) is 38.9 Å². The molecule has 0 aliphatic carbocycles. The summed E-state index contributed by atoms with van der Waals surface area (Å²) in [5, 5.41) is 2.85. The van der Waals surface area contributed by atoms with Crippen LogP contribution < -0.4 is 5.32 Å². The lowest BCUT2D eigenvalue weighted by Gasteiger charge is -2.22. The summed E-state index contributed by atoms with van der Waals surface area (Å²) in [6, 6.07) is 20.1. The summed E-state index contributed by atoms with van der Waals surface area (Å²) in [4.78, 5) is 11.9. The highest BCUT2D eigenvalue weighted by molar-refractivity contribution is 5.67. The van der Waals surface area contributed by atoms with Crippen molar-refractivity contribution in [3.8, 4) is 0 Å². The van der Waals surface area contributed by atoms with Crippen LogP contribution in [-0.4, -0.2) is 24.8 Å². The van der Waals surface area contributed by atoms with Crippen molar-refractivity contribution in [1.82, 2.24) is 5.32 Å². The Morgan fingerprint density at radius 3 is 2.20 bits per heavy atom. The first-order valence-electron chi connectivity index (χ1n) is 8.57. The molecule has 134 valence electrons. The fourth-order valence-electron chi connectivity index (χ4n) is 2.41. The van der Waals surface area contributed by atoms with Gasteiger partial charge < -0.3 is 14.8 Å². The number of hydrogen-bond donors (Lipinski definition) is 1. The van der Waals surface area contributed by atoms with Gasteiger partial charge >= 0.3 is 6.09 Å². The number of carbonyl (C=O) groups is 1. The van der Waals surface area contributed by atoms with E-state index < -0.39 is 11.7 Å². The van der Waals surface area contributed by atoms with Gasteiger partial charge in [0.05, 0.1) is 13.2 Å². The quantitative estimate of drug-likeness (QED) is 0.806. The maximum absolute atomic E-state index is 11.9. The standard InChI is InChI=1S/C21H27NO3/c1-21(2,3)25-20(23)22-14-19(18-12-8-5-9-13-18)16-24-15-17-10-6-4-7-11-17/h4-13,19H,14-16H2,1-3H3,(H,22,23)/t19-/m1/s1. The van der Waals surface area contributed by atoms with Crippen LogP contribution in [0.25, 0.3) is 0 Å². The highest BCUT2D eigenvalue weighted by atomic mass is 16.6. The molecule has 0 heterocycles. The summed E-state index contributed by atoms with van der Waals surface area (Å²) in [7, 11) is 0. The number of benzene rings is 2. The van der Waals surface area contributed by atoms with E-state index in [0.717, 1.165) is 11.1 Å². The number of nitrogens with one attached hydrogen (secondary N) is 1. The second-order valence-corrected chi connectivity index (χ2v) is 6.99. The van der Waals surface area contributed by atoms with Crippen LogP contribution >= 0.6 is 0 Å². The maximum Gasteiger partial charge on any atom is 0.407 e. The van der Waals surface area contributed by atoms with Gasteiger partial charge in [0.25, 0.3) is 0 Å². The molecule has 0 aliphatic heterocycles. The molecule has 2 aromatic carbocycles. The van der Waals surface area contributed by atoms with E-state index in [9.17, 15) is 4.79 Å². The largest absolute Gasteiger partial charge is 0.444 e. The van der Waals surface area contributed by atoms with Crippen LogP contribution in [0.15, 0.2) is 60.7 Å². The average Bonchev–Trinajstić information content (AvgIpc) is 2.58. The molecule has 1 atom stereocenters. The number of hydrogen-bond acceptors (Lipinski definition) is 3. The fourth-order valence-corrected chi connectivity index (χ4v) is 2.41. The molecule has 0 fully saturated rings. The minimum absolute atomic E-state index is 0.0671. The summed E-state index contributed by atoms with van der Waals surface area (Å²) in [5.41, 5.74) is 1.76. The van der Waals surface area contributed by atoms with Crippen molar-refractivity contribution in [3.05, 3.63) is 71.8 Å². The Morgan fingerprint density at radius 2 is 1.60 bits per heavy atom. The smallest absolute Gasteiger partial charge is 0.407 e. The zero-order valence-corrected chi connectivity index (χ0v) is 15.2. The van der Waals surface area contributed by atoms with E-state index in [1.54, 1.807) is 0 Å². The third kappa shape index (κ3) is 7.40.